The molecule has 24 heavy (non-hydrogen) atoms. The van der Waals surface area contributed by atoms with Crippen molar-refractivity contribution in [3.63, 3.8) is 0 Å². The van der Waals surface area contributed by atoms with Crippen molar-refractivity contribution in [1.82, 2.24) is 4.90 Å². The van der Waals surface area contributed by atoms with E-state index in [4.69, 9.17) is 4.74 Å². The molecule has 2 aromatic carbocycles. The molecule has 0 spiro atoms. The molecular weight excluding hydrogens is 302 g/mol. The number of carbonyl (C=O) groups excluding carboxylic acids is 1. The summed E-state index contributed by atoms with van der Waals surface area (Å²) in [6.45, 7) is 2.93. The largest absolute Gasteiger partial charge is 0.484 e. The van der Waals surface area contributed by atoms with E-state index in [9.17, 15) is 9.90 Å². The van der Waals surface area contributed by atoms with E-state index in [2.05, 4.69) is 6.92 Å². The topological polar surface area (TPSA) is 49.8 Å². The molecule has 2 rings (SSSR count). The molecule has 1 N–H and O–H groups in total. The van der Waals surface area contributed by atoms with Gasteiger partial charge in [-0.05, 0) is 36.1 Å². The summed E-state index contributed by atoms with van der Waals surface area (Å²) in [5, 5.41) is 9.19. The van der Waals surface area contributed by atoms with Gasteiger partial charge in [0.05, 0.1) is 6.61 Å². The fraction of sp³-hybridized carbons (Fsp3) is 0.350. The molecule has 0 aliphatic carbocycles. The molecular formula is C20H25NO3. The lowest BCUT2D eigenvalue weighted by atomic mass is 10.1. The Morgan fingerprint density at radius 3 is 2.33 bits per heavy atom. The van der Waals surface area contributed by atoms with Gasteiger partial charge in [0.15, 0.2) is 6.61 Å². The highest BCUT2D eigenvalue weighted by Crippen LogP contribution is 2.12. The van der Waals surface area contributed by atoms with E-state index in [0.717, 1.165) is 12.8 Å². The first kappa shape index (κ1) is 18.0. The third-order valence-electron chi connectivity index (χ3n) is 3.93. The molecule has 0 saturated heterocycles. The lowest BCUT2D eigenvalue weighted by molar-refractivity contribution is -0.133. The number of aliphatic hydroxyl groups is 1. The van der Waals surface area contributed by atoms with Gasteiger partial charge in [-0.15, -0.1) is 0 Å². The Labute approximate surface area is 143 Å². The van der Waals surface area contributed by atoms with Gasteiger partial charge in [-0.25, -0.2) is 0 Å². The first-order chi connectivity index (χ1) is 11.7. The molecule has 4 nitrogen and oxygen atoms in total. The van der Waals surface area contributed by atoms with Crippen LogP contribution in [0.15, 0.2) is 54.6 Å². The van der Waals surface area contributed by atoms with Crippen LogP contribution >= 0.6 is 0 Å². The maximum absolute atomic E-state index is 12.3. The molecule has 0 saturated carbocycles. The summed E-state index contributed by atoms with van der Waals surface area (Å²) in [5.41, 5.74) is 2.41. The van der Waals surface area contributed by atoms with E-state index >= 15 is 0 Å². The first-order valence-electron chi connectivity index (χ1n) is 8.37. The number of hydrogen-bond donors (Lipinski definition) is 1. The second-order valence-corrected chi connectivity index (χ2v) is 5.63. The summed E-state index contributed by atoms with van der Waals surface area (Å²) in [5.74, 6) is 0.576. The monoisotopic (exact) mass is 327 g/mol. The van der Waals surface area contributed by atoms with E-state index in [1.165, 1.54) is 11.1 Å². The van der Waals surface area contributed by atoms with Crippen molar-refractivity contribution in [2.24, 2.45) is 0 Å². The predicted molar refractivity (Wildman–Crippen MR) is 95.1 cm³/mol. The Balaban J connectivity index is 1.85. The van der Waals surface area contributed by atoms with Crippen LogP contribution in [0.4, 0.5) is 0 Å². The normalized spacial score (nSPS) is 10.4. The molecule has 0 fully saturated rings. The second-order valence-electron chi connectivity index (χ2n) is 5.63. The van der Waals surface area contributed by atoms with Crippen LogP contribution in [0, 0.1) is 0 Å². The lowest BCUT2D eigenvalue weighted by Crippen LogP contribution is -2.38. The number of aryl methyl sites for hydroxylation is 1. The molecule has 0 unspecified atom stereocenters. The zero-order valence-electron chi connectivity index (χ0n) is 14.1. The van der Waals surface area contributed by atoms with Gasteiger partial charge >= 0.3 is 0 Å². The summed E-state index contributed by atoms with van der Waals surface area (Å²) < 4.78 is 5.57. The standard InChI is InChI=1S/C20H25NO3/c1-2-17-8-10-19(11-9-17)24-16-20(23)21(14-15-22)13-12-18-6-4-3-5-7-18/h3-11,22H,2,12-16H2,1H3. The number of aliphatic hydroxyl groups excluding tert-OH is 1. The minimum absolute atomic E-state index is 0.0136. The van der Waals surface area contributed by atoms with Crippen molar-refractivity contribution in [3.8, 4) is 5.75 Å². The molecule has 0 aliphatic heterocycles. The number of nitrogens with zero attached hydrogens (tertiary/aromatic N) is 1. The van der Waals surface area contributed by atoms with E-state index in [0.29, 0.717) is 18.8 Å². The van der Waals surface area contributed by atoms with Gasteiger partial charge in [-0.1, -0.05) is 49.4 Å². The van der Waals surface area contributed by atoms with Gasteiger partial charge in [0.1, 0.15) is 5.75 Å². The molecule has 0 bridgehead atoms. The van der Waals surface area contributed by atoms with E-state index < -0.39 is 0 Å². The van der Waals surface area contributed by atoms with Crippen molar-refractivity contribution in [2.45, 2.75) is 19.8 Å². The summed E-state index contributed by atoms with van der Waals surface area (Å²) in [7, 11) is 0. The second kappa shape index (κ2) is 9.73. The third-order valence-corrected chi connectivity index (χ3v) is 3.93. The summed E-state index contributed by atoms with van der Waals surface area (Å²) in [6, 6.07) is 17.8. The fourth-order valence-corrected chi connectivity index (χ4v) is 2.45. The van der Waals surface area contributed by atoms with Crippen LogP contribution in [0.25, 0.3) is 0 Å². The van der Waals surface area contributed by atoms with Crippen LogP contribution in [0.3, 0.4) is 0 Å². The van der Waals surface area contributed by atoms with Crippen molar-refractivity contribution >= 4 is 5.91 Å². The SMILES string of the molecule is CCc1ccc(OCC(=O)N(CCO)CCc2ccccc2)cc1. The molecule has 0 radical (unpaired) electrons. The van der Waals surface area contributed by atoms with Gasteiger partial charge in [0, 0.05) is 13.1 Å². The number of carbonyl (C=O) groups is 1. The number of benzene rings is 2. The molecule has 128 valence electrons. The van der Waals surface area contributed by atoms with Crippen molar-refractivity contribution in [2.75, 3.05) is 26.3 Å². The van der Waals surface area contributed by atoms with Gasteiger partial charge in [-0.3, -0.25) is 4.79 Å². The van der Waals surface area contributed by atoms with Crippen molar-refractivity contribution < 1.29 is 14.6 Å². The first-order valence-corrected chi connectivity index (χ1v) is 8.37. The van der Waals surface area contributed by atoms with Crippen LogP contribution in [-0.4, -0.2) is 42.2 Å². The van der Waals surface area contributed by atoms with Gasteiger partial charge < -0.3 is 14.7 Å². The Hall–Kier alpha value is -2.33. The van der Waals surface area contributed by atoms with E-state index in [1.807, 2.05) is 54.6 Å². The summed E-state index contributed by atoms with van der Waals surface area (Å²) in [4.78, 5) is 14.0. The number of hydrogen-bond acceptors (Lipinski definition) is 3. The zero-order valence-corrected chi connectivity index (χ0v) is 14.1. The smallest absolute Gasteiger partial charge is 0.260 e. The molecule has 0 aromatic heterocycles. The third kappa shape index (κ3) is 5.70. The zero-order chi connectivity index (χ0) is 17.2. The fourth-order valence-electron chi connectivity index (χ4n) is 2.45. The molecule has 2 aromatic rings. The van der Waals surface area contributed by atoms with E-state index in [-0.39, 0.29) is 19.1 Å². The molecule has 0 heterocycles. The van der Waals surface area contributed by atoms with Crippen molar-refractivity contribution in [3.05, 3.63) is 65.7 Å². The highest BCUT2D eigenvalue weighted by Gasteiger charge is 2.13. The van der Waals surface area contributed by atoms with Crippen LogP contribution in [0.5, 0.6) is 5.75 Å². The van der Waals surface area contributed by atoms with Crippen LogP contribution in [-0.2, 0) is 17.6 Å². The number of amides is 1. The minimum Gasteiger partial charge on any atom is -0.484 e. The Kier molecular flexibility index (Phi) is 7.30. The van der Waals surface area contributed by atoms with Gasteiger partial charge in [0.25, 0.3) is 5.91 Å². The maximum Gasteiger partial charge on any atom is 0.260 e. The summed E-state index contributed by atoms with van der Waals surface area (Å²) >= 11 is 0. The highest BCUT2D eigenvalue weighted by atomic mass is 16.5. The van der Waals surface area contributed by atoms with E-state index in [1.54, 1.807) is 4.90 Å². The highest BCUT2D eigenvalue weighted by molar-refractivity contribution is 5.77. The Morgan fingerprint density at radius 1 is 1.00 bits per heavy atom. The molecule has 1 amide bonds. The minimum atomic E-state index is -0.112. The average molecular weight is 327 g/mol. The van der Waals surface area contributed by atoms with Crippen LogP contribution in [0.2, 0.25) is 0 Å². The van der Waals surface area contributed by atoms with Crippen LogP contribution in [0.1, 0.15) is 18.1 Å². The molecule has 0 atom stereocenters. The number of ether oxygens (including phenoxy) is 1. The Bertz CT molecular complexity index is 611. The molecule has 4 heteroatoms. The molecule has 0 aliphatic rings. The van der Waals surface area contributed by atoms with Gasteiger partial charge in [0.2, 0.25) is 0 Å². The average Bonchev–Trinajstić information content (AvgIpc) is 2.64. The lowest BCUT2D eigenvalue weighted by Gasteiger charge is -2.22. The summed E-state index contributed by atoms with van der Waals surface area (Å²) in [6.07, 6.45) is 1.74. The van der Waals surface area contributed by atoms with Gasteiger partial charge in [-0.2, -0.15) is 0 Å². The maximum atomic E-state index is 12.3. The predicted octanol–water partition coefficient (Wildman–Crippen LogP) is 2.69. The quantitative estimate of drug-likeness (QED) is 0.770. The van der Waals surface area contributed by atoms with Crippen molar-refractivity contribution in [1.29, 1.82) is 0 Å². The van der Waals surface area contributed by atoms with Crippen LogP contribution < -0.4 is 4.74 Å². The Morgan fingerprint density at radius 2 is 1.71 bits per heavy atom. The number of rotatable bonds is 9.